The van der Waals surface area contributed by atoms with Crippen LogP contribution in [0.2, 0.25) is 0 Å². The number of aliphatic carboxylic acids is 1. The number of aliphatic hydroxyl groups excluding tert-OH is 1. The molecule has 26 heavy (non-hydrogen) atoms. The van der Waals surface area contributed by atoms with E-state index in [-0.39, 0.29) is 29.5 Å². The number of nitrogens with zero attached hydrogens (tertiary/aromatic N) is 2. The van der Waals surface area contributed by atoms with Gasteiger partial charge in [0.25, 0.3) is 0 Å². The summed E-state index contributed by atoms with van der Waals surface area (Å²) in [6.07, 6.45) is -1.16. The maximum atomic E-state index is 13.1. The molecule has 0 spiro atoms. The lowest BCUT2D eigenvalue weighted by molar-refractivity contribution is -0.149. The molecule has 0 bridgehead atoms. The lowest BCUT2D eigenvalue weighted by atomic mass is 10.1. The maximum Gasteiger partial charge on any atom is 0.327 e. The van der Waals surface area contributed by atoms with Crippen LogP contribution >= 0.6 is 11.8 Å². The lowest BCUT2D eigenvalue weighted by Crippen LogP contribution is -2.51. The molecule has 1 aromatic rings. The number of hydrogen-bond donors (Lipinski definition) is 2. The molecule has 142 valence electrons. The second-order valence-corrected chi connectivity index (χ2v) is 8.99. The molecule has 2 saturated heterocycles. The first-order chi connectivity index (χ1) is 12.2. The van der Waals surface area contributed by atoms with Crippen molar-refractivity contribution >= 4 is 33.7 Å². The number of carboxylic acids is 1. The number of β-amino-alcohol motifs (C(OH)–C–C–N with tert-alkyl or cyclic N) is 1. The molecule has 3 rings (SSSR count). The zero-order valence-electron chi connectivity index (χ0n) is 13.5. The number of carbonyl (C=O) groups excluding carboxylic acids is 1. The van der Waals surface area contributed by atoms with Gasteiger partial charge in [-0.05, 0) is 24.3 Å². The summed E-state index contributed by atoms with van der Waals surface area (Å²) in [5, 5.41) is 19.2. The first kappa shape index (κ1) is 19.1. The predicted octanol–water partition coefficient (Wildman–Crippen LogP) is -0.0643. The second kappa shape index (κ2) is 7.14. The van der Waals surface area contributed by atoms with Gasteiger partial charge < -0.3 is 15.1 Å². The van der Waals surface area contributed by atoms with Crippen molar-refractivity contribution in [3.05, 3.63) is 30.1 Å². The predicted molar refractivity (Wildman–Crippen MR) is 90.3 cm³/mol. The van der Waals surface area contributed by atoms with Crippen LogP contribution in [0.25, 0.3) is 0 Å². The van der Waals surface area contributed by atoms with Gasteiger partial charge in [-0.3, -0.25) is 4.79 Å². The number of hydrogen-bond acceptors (Lipinski definition) is 6. The van der Waals surface area contributed by atoms with Crippen LogP contribution in [-0.2, 0) is 19.6 Å². The third-order valence-corrected chi connectivity index (χ3v) is 7.29. The van der Waals surface area contributed by atoms with Gasteiger partial charge in [0.15, 0.2) is 0 Å². The second-order valence-electron chi connectivity index (χ2n) is 6.10. The van der Waals surface area contributed by atoms with E-state index < -0.39 is 45.9 Å². The average Bonchev–Trinajstić information content (AvgIpc) is 3.21. The Kier molecular flexibility index (Phi) is 5.24. The SMILES string of the molecule is O=C(O)[C@@H]1CSCN1C(=O)[C@@H]1C[C@@H](O)CN1S(=O)(=O)c1ccc(F)cc1. The number of benzene rings is 1. The molecule has 2 aliphatic heterocycles. The van der Waals surface area contributed by atoms with Crippen LogP contribution in [0.5, 0.6) is 0 Å². The molecule has 8 nitrogen and oxygen atoms in total. The minimum absolute atomic E-state index is 0.118. The summed E-state index contributed by atoms with van der Waals surface area (Å²) >= 11 is 1.27. The van der Waals surface area contributed by atoms with Crippen LogP contribution in [0.3, 0.4) is 0 Å². The van der Waals surface area contributed by atoms with Gasteiger partial charge in [0, 0.05) is 18.7 Å². The van der Waals surface area contributed by atoms with Gasteiger partial charge in [0.05, 0.1) is 16.9 Å². The highest BCUT2D eigenvalue weighted by Gasteiger charge is 2.47. The van der Waals surface area contributed by atoms with Gasteiger partial charge >= 0.3 is 5.97 Å². The molecule has 2 aliphatic rings. The molecule has 0 aliphatic carbocycles. The number of sulfonamides is 1. The van der Waals surface area contributed by atoms with Crippen LogP contribution in [0.1, 0.15) is 6.42 Å². The molecular formula is C15H17FN2O6S2. The number of rotatable bonds is 4. The van der Waals surface area contributed by atoms with Gasteiger partial charge in [-0.15, -0.1) is 11.8 Å². The molecule has 1 amide bonds. The molecule has 0 aromatic heterocycles. The minimum Gasteiger partial charge on any atom is -0.480 e. The molecule has 2 fully saturated rings. The summed E-state index contributed by atoms with van der Waals surface area (Å²) in [5.41, 5.74) is 0. The Bertz CT molecular complexity index is 816. The maximum absolute atomic E-state index is 13.1. The highest BCUT2D eigenvalue weighted by molar-refractivity contribution is 7.99. The van der Waals surface area contributed by atoms with Crippen LogP contribution in [-0.4, -0.2) is 76.1 Å². The Hall–Kier alpha value is -1.69. The topological polar surface area (TPSA) is 115 Å². The average molecular weight is 404 g/mol. The highest BCUT2D eigenvalue weighted by Crippen LogP contribution is 2.30. The van der Waals surface area contributed by atoms with Crippen molar-refractivity contribution in [2.75, 3.05) is 18.2 Å². The number of carboxylic acid groups (broad SMARTS) is 1. The van der Waals surface area contributed by atoms with Crippen molar-refractivity contribution in [1.82, 2.24) is 9.21 Å². The molecule has 11 heteroatoms. The van der Waals surface area contributed by atoms with Gasteiger partial charge in [-0.2, -0.15) is 4.31 Å². The zero-order chi connectivity index (χ0) is 19.1. The van der Waals surface area contributed by atoms with Crippen LogP contribution < -0.4 is 0 Å². The first-order valence-electron chi connectivity index (χ1n) is 7.78. The third-order valence-electron chi connectivity index (χ3n) is 4.39. The highest BCUT2D eigenvalue weighted by atomic mass is 32.2. The van der Waals surface area contributed by atoms with E-state index in [1.54, 1.807) is 0 Å². The largest absolute Gasteiger partial charge is 0.480 e. The van der Waals surface area contributed by atoms with E-state index in [0.717, 1.165) is 33.5 Å². The van der Waals surface area contributed by atoms with E-state index in [2.05, 4.69) is 0 Å². The summed E-state index contributed by atoms with van der Waals surface area (Å²) < 4.78 is 39.6. The Balaban J connectivity index is 1.90. The number of aliphatic hydroxyl groups is 1. The van der Waals surface area contributed by atoms with Crippen molar-refractivity contribution < 1.29 is 32.6 Å². The Labute approximate surface area is 153 Å². The van der Waals surface area contributed by atoms with E-state index in [9.17, 15) is 32.6 Å². The summed E-state index contributed by atoms with van der Waals surface area (Å²) in [6, 6.07) is 1.94. The van der Waals surface area contributed by atoms with Gasteiger partial charge in [-0.1, -0.05) is 0 Å². The van der Waals surface area contributed by atoms with Gasteiger partial charge in [-0.25, -0.2) is 17.6 Å². The smallest absolute Gasteiger partial charge is 0.327 e. The van der Waals surface area contributed by atoms with Gasteiger partial charge in [0.1, 0.15) is 17.9 Å². The summed E-state index contributed by atoms with van der Waals surface area (Å²) in [5.74, 6) is -2.04. The summed E-state index contributed by atoms with van der Waals surface area (Å²) in [7, 11) is -4.14. The Morgan fingerprint density at radius 2 is 1.85 bits per heavy atom. The number of amides is 1. The molecule has 2 N–H and O–H groups in total. The summed E-state index contributed by atoms with van der Waals surface area (Å²) in [6.45, 7) is -0.283. The number of carbonyl (C=O) groups is 2. The summed E-state index contributed by atoms with van der Waals surface area (Å²) in [4.78, 5) is 25.1. The fourth-order valence-corrected chi connectivity index (χ4v) is 5.86. The standard InChI is InChI=1S/C15H17FN2O6S2/c16-9-1-3-11(4-2-9)26(23,24)18-6-10(19)5-12(18)14(20)17-8-25-7-13(17)15(21)22/h1-4,10,12-13,19H,5-8H2,(H,21,22)/t10-,12+,13+/m1/s1. The van der Waals surface area contributed by atoms with Crippen molar-refractivity contribution in [3.63, 3.8) is 0 Å². The molecule has 0 saturated carbocycles. The monoisotopic (exact) mass is 404 g/mol. The van der Waals surface area contributed by atoms with E-state index >= 15 is 0 Å². The molecule has 2 heterocycles. The molecule has 3 atom stereocenters. The van der Waals surface area contributed by atoms with Crippen LogP contribution in [0, 0.1) is 5.82 Å². The molecule has 1 aromatic carbocycles. The number of halogens is 1. The van der Waals surface area contributed by atoms with E-state index in [1.807, 2.05) is 0 Å². The number of thioether (sulfide) groups is 1. The third kappa shape index (κ3) is 3.43. The van der Waals surface area contributed by atoms with E-state index in [4.69, 9.17) is 0 Å². The van der Waals surface area contributed by atoms with Crippen molar-refractivity contribution in [3.8, 4) is 0 Å². The molecule has 0 unspecified atom stereocenters. The quantitative estimate of drug-likeness (QED) is 0.722. The molecular weight excluding hydrogens is 387 g/mol. The Morgan fingerprint density at radius 1 is 1.19 bits per heavy atom. The normalized spacial score (nSPS) is 27.0. The fourth-order valence-electron chi connectivity index (χ4n) is 3.07. The van der Waals surface area contributed by atoms with E-state index in [0.29, 0.717) is 0 Å². The van der Waals surface area contributed by atoms with Gasteiger partial charge in [0.2, 0.25) is 15.9 Å². The molecule has 0 radical (unpaired) electrons. The Morgan fingerprint density at radius 3 is 2.46 bits per heavy atom. The van der Waals surface area contributed by atoms with Crippen LogP contribution in [0.15, 0.2) is 29.2 Å². The van der Waals surface area contributed by atoms with Crippen molar-refractivity contribution in [1.29, 1.82) is 0 Å². The van der Waals surface area contributed by atoms with E-state index in [1.165, 1.54) is 11.8 Å². The van der Waals surface area contributed by atoms with Crippen LogP contribution in [0.4, 0.5) is 4.39 Å². The zero-order valence-corrected chi connectivity index (χ0v) is 15.1. The first-order valence-corrected chi connectivity index (χ1v) is 10.4. The lowest BCUT2D eigenvalue weighted by Gasteiger charge is -2.28. The fraction of sp³-hybridized carbons (Fsp3) is 0.467. The minimum atomic E-state index is -4.14. The van der Waals surface area contributed by atoms with Crippen molar-refractivity contribution in [2.45, 2.75) is 29.5 Å². The van der Waals surface area contributed by atoms with Crippen molar-refractivity contribution in [2.24, 2.45) is 0 Å².